The first-order valence-corrected chi connectivity index (χ1v) is 6.32. The summed E-state index contributed by atoms with van der Waals surface area (Å²) in [6.07, 6.45) is 2.47. The number of unbranched alkanes of at least 4 members (excludes halogenated alkanes) is 1. The Hall–Kier alpha value is -0.860. The molecular weight excluding hydrogens is 211 g/mol. The molecule has 4 heteroatoms. The fourth-order valence-corrected chi connectivity index (χ4v) is 1.12. The number of aliphatic hydroxyl groups is 1. The summed E-state index contributed by atoms with van der Waals surface area (Å²) in [6.45, 7) is 2.06. The first kappa shape index (κ1) is 14.1. The van der Waals surface area contributed by atoms with Gasteiger partial charge in [0.05, 0.1) is 6.42 Å². The van der Waals surface area contributed by atoms with Crippen LogP contribution in [0, 0.1) is 23.7 Å². The van der Waals surface area contributed by atoms with Crippen molar-refractivity contribution in [3.63, 3.8) is 0 Å². The van der Waals surface area contributed by atoms with Crippen molar-refractivity contribution in [3.05, 3.63) is 0 Å². The molecule has 0 radical (unpaired) electrons. The molecule has 2 atom stereocenters. The molecule has 0 aliphatic heterocycles. The topological polar surface area (TPSA) is 57.5 Å². The second-order valence-electron chi connectivity index (χ2n) is 3.02. The van der Waals surface area contributed by atoms with Gasteiger partial charge in [0.2, 0.25) is 6.16 Å². The summed E-state index contributed by atoms with van der Waals surface area (Å²) in [7, 11) is -2.16. The Labute approximate surface area is 91.8 Å². The van der Waals surface area contributed by atoms with Crippen molar-refractivity contribution in [2.75, 3.05) is 6.16 Å². The maximum atomic E-state index is 10.2. The molecule has 82 valence electrons. The van der Waals surface area contributed by atoms with E-state index in [9.17, 15) is 9.67 Å². The lowest BCUT2D eigenvalue weighted by molar-refractivity contribution is 0.218. The third-order valence-electron chi connectivity index (χ3n) is 1.62. The molecule has 0 heterocycles. The molecule has 0 fully saturated rings. The van der Waals surface area contributed by atoms with Crippen LogP contribution in [0.4, 0.5) is 0 Å². The molecule has 0 bridgehead atoms. The van der Waals surface area contributed by atoms with Gasteiger partial charge in [0.15, 0.2) is 0 Å². The SMILES string of the molecule is CCCC[C@@H](O)C#CCC#CC[P+](=O)O. The summed E-state index contributed by atoms with van der Waals surface area (Å²) in [6, 6.07) is 0. The van der Waals surface area contributed by atoms with Gasteiger partial charge in [-0.1, -0.05) is 37.5 Å². The Kier molecular flexibility index (Phi) is 9.13. The van der Waals surface area contributed by atoms with Crippen LogP contribution in [0.25, 0.3) is 0 Å². The van der Waals surface area contributed by atoms with Gasteiger partial charge in [-0.05, 0) is 16.9 Å². The molecule has 0 amide bonds. The van der Waals surface area contributed by atoms with Crippen LogP contribution >= 0.6 is 8.03 Å². The standard InChI is InChI=1S/C11H15O3P/c1-2-3-8-11(12)9-6-4-5-7-10-15(13)14/h11-12H,2-4,8,10H2,1H3/p+1/t11-/m1/s1. The van der Waals surface area contributed by atoms with Crippen molar-refractivity contribution < 1.29 is 14.6 Å². The predicted octanol–water partition coefficient (Wildman–Crippen LogP) is 1.67. The molecule has 1 unspecified atom stereocenters. The maximum absolute atomic E-state index is 10.2. The molecule has 3 nitrogen and oxygen atoms in total. The zero-order chi connectivity index (χ0) is 11.5. The largest absolute Gasteiger partial charge is 0.518 e. The lowest BCUT2D eigenvalue weighted by Gasteiger charge is -1.98. The van der Waals surface area contributed by atoms with Crippen molar-refractivity contribution >= 4 is 8.03 Å². The second kappa shape index (κ2) is 9.69. The molecule has 15 heavy (non-hydrogen) atoms. The fraction of sp³-hybridized carbons (Fsp3) is 0.636. The minimum atomic E-state index is -2.16. The molecule has 0 saturated heterocycles. The number of hydrogen-bond acceptors (Lipinski definition) is 2. The van der Waals surface area contributed by atoms with Gasteiger partial charge in [-0.15, -0.1) is 0 Å². The van der Waals surface area contributed by atoms with Gasteiger partial charge in [0, 0.05) is 0 Å². The van der Waals surface area contributed by atoms with Crippen LogP contribution in [0.5, 0.6) is 0 Å². The average Bonchev–Trinajstić information content (AvgIpc) is 2.19. The van der Waals surface area contributed by atoms with E-state index < -0.39 is 14.1 Å². The van der Waals surface area contributed by atoms with Gasteiger partial charge in [-0.2, -0.15) is 4.89 Å². The van der Waals surface area contributed by atoms with E-state index in [4.69, 9.17) is 4.89 Å². The monoisotopic (exact) mass is 227 g/mol. The van der Waals surface area contributed by atoms with E-state index >= 15 is 0 Å². The Morgan fingerprint density at radius 1 is 1.33 bits per heavy atom. The molecule has 0 aromatic carbocycles. The molecule has 0 aliphatic rings. The summed E-state index contributed by atoms with van der Waals surface area (Å²) >= 11 is 0. The van der Waals surface area contributed by atoms with Gasteiger partial charge < -0.3 is 5.11 Å². The summed E-state index contributed by atoms with van der Waals surface area (Å²) in [5, 5.41) is 9.32. The third-order valence-corrected chi connectivity index (χ3v) is 2.04. The van der Waals surface area contributed by atoms with E-state index in [0.717, 1.165) is 12.8 Å². The molecule has 0 aliphatic carbocycles. The van der Waals surface area contributed by atoms with Crippen molar-refractivity contribution in [1.29, 1.82) is 0 Å². The molecule has 0 aromatic rings. The van der Waals surface area contributed by atoms with E-state index in [1.807, 2.05) is 0 Å². The van der Waals surface area contributed by atoms with E-state index in [1.54, 1.807) is 0 Å². The van der Waals surface area contributed by atoms with E-state index in [1.165, 1.54) is 0 Å². The number of aliphatic hydroxyl groups excluding tert-OH is 1. The van der Waals surface area contributed by atoms with Gasteiger partial charge >= 0.3 is 8.03 Å². The highest BCUT2D eigenvalue weighted by Crippen LogP contribution is 2.09. The fourth-order valence-electron chi connectivity index (χ4n) is 0.869. The Morgan fingerprint density at radius 2 is 2.07 bits per heavy atom. The van der Waals surface area contributed by atoms with Crippen LogP contribution in [-0.4, -0.2) is 22.3 Å². The van der Waals surface area contributed by atoms with Crippen LogP contribution in [0.3, 0.4) is 0 Å². The van der Waals surface area contributed by atoms with E-state index in [2.05, 4.69) is 30.6 Å². The minimum Gasteiger partial charge on any atom is -0.380 e. The van der Waals surface area contributed by atoms with Crippen molar-refractivity contribution in [2.45, 2.75) is 38.7 Å². The Bertz CT molecular complexity index is 303. The van der Waals surface area contributed by atoms with E-state index in [-0.39, 0.29) is 6.16 Å². The van der Waals surface area contributed by atoms with Crippen molar-refractivity contribution in [2.24, 2.45) is 0 Å². The lowest BCUT2D eigenvalue weighted by atomic mass is 10.2. The van der Waals surface area contributed by atoms with Crippen LogP contribution in [0.1, 0.15) is 32.6 Å². The highest BCUT2D eigenvalue weighted by Gasteiger charge is 2.03. The molecule has 0 aromatic heterocycles. The van der Waals surface area contributed by atoms with Gasteiger partial charge in [0.1, 0.15) is 6.10 Å². The minimum absolute atomic E-state index is 0.00456. The number of rotatable bonds is 4. The zero-order valence-corrected chi connectivity index (χ0v) is 9.76. The van der Waals surface area contributed by atoms with Crippen LogP contribution in [0.2, 0.25) is 0 Å². The normalized spacial score (nSPS) is 11.8. The molecule has 0 rings (SSSR count). The third kappa shape index (κ3) is 11.1. The molecule has 0 spiro atoms. The first-order chi connectivity index (χ1) is 7.16. The van der Waals surface area contributed by atoms with Crippen LogP contribution < -0.4 is 0 Å². The van der Waals surface area contributed by atoms with Gasteiger partial charge in [-0.25, -0.2) is 0 Å². The summed E-state index contributed by atoms with van der Waals surface area (Å²) in [5.74, 6) is 10.6. The van der Waals surface area contributed by atoms with Crippen LogP contribution in [-0.2, 0) is 4.57 Å². The maximum Gasteiger partial charge on any atom is 0.518 e. The molecular formula is C11H16O3P+. The molecule has 2 N–H and O–H groups in total. The van der Waals surface area contributed by atoms with Crippen molar-refractivity contribution in [3.8, 4) is 23.7 Å². The van der Waals surface area contributed by atoms with Gasteiger partial charge in [-0.3, -0.25) is 0 Å². The summed E-state index contributed by atoms with van der Waals surface area (Å²) in [5.41, 5.74) is 0. The first-order valence-electron chi connectivity index (χ1n) is 4.92. The number of hydrogen-bond donors (Lipinski definition) is 2. The van der Waals surface area contributed by atoms with Gasteiger partial charge in [0.25, 0.3) is 0 Å². The Balaban J connectivity index is 3.68. The van der Waals surface area contributed by atoms with E-state index in [0.29, 0.717) is 12.8 Å². The smallest absolute Gasteiger partial charge is 0.380 e. The quantitative estimate of drug-likeness (QED) is 0.567. The highest BCUT2D eigenvalue weighted by atomic mass is 31.1. The van der Waals surface area contributed by atoms with Crippen LogP contribution in [0.15, 0.2) is 0 Å². The van der Waals surface area contributed by atoms with Crippen molar-refractivity contribution in [1.82, 2.24) is 0 Å². The molecule has 0 saturated carbocycles. The lowest BCUT2D eigenvalue weighted by Crippen LogP contribution is -2.01. The zero-order valence-electron chi connectivity index (χ0n) is 8.86. The highest BCUT2D eigenvalue weighted by molar-refractivity contribution is 7.38. The Morgan fingerprint density at radius 3 is 2.67 bits per heavy atom. The summed E-state index contributed by atoms with van der Waals surface area (Å²) in [4.78, 5) is 8.42. The predicted molar refractivity (Wildman–Crippen MR) is 60.4 cm³/mol. The average molecular weight is 227 g/mol. The second-order valence-corrected chi connectivity index (χ2v) is 4.04. The summed E-state index contributed by atoms with van der Waals surface area (Å²) < 4.78 is 10.2.